The van der Waals surface area contributed by atoms with Crippen molar-refractivity contribution in [3.05, 3.63) is 71.8 Å². The van der Waals surface area contributed by atoms with E-state index in [-0.39, 0.29) is 17.1 Å². The second kappa shape index (κ2) is 10.1. The van der Waals surface area contributed by atoms with Crippen molar-refractivity contribution >= 4 is 17.4 Å². The lowest BCUT2D eigenvalue weighted by Gasteiger charge is -2.16. The average molecular weight is 518 g/mol. The second-order valence-corrected chi connectivity index (χ2v) is 6.86. The third kappa shape index (κ3) is 7.07. The van der Waals surface area contributed by atoms with E-state index >= 15 is 0 Å². The molecule has 190 valence electrons. The second-order valence-electron chi connectivity index (χ2n) is 6.86. The van der Waals surface area contributed by atoms with E-state index in [4.69, 9.17) is 4.74 Å². The maximum absolute atomic E-state index is 15.0. The number of benzene rings is 2. The highest BCUT2D eigenvalue weighted by molar-refractivity contribution is 6.07. The lowest BCUT2D eigenvalue weighted by atomic mass is 10.1. The monoisotopic (exact) mass is 518 g/mol. The van der Waals surface area contributed by atoms with Crippen LogP contribution in [0.15, 0.2) is 54.7 Å². The highest BCUT2D eigenvalue weighted by atomic mass is 19.4. The molecule has 14 heteroatoms. The van der Waals surface area contributed by atoms with Crippen molar-refractivity contribution in [2.75, 3.05) is 5.32 Å². The number of alkyl halides is 6. The number of ether oxygens (including phenoxy) is 3. The molecule has 0 spiro atoms. The Morgan fingerprint density at radius 1 is 0.833 bits per heavy atom. The number of rotatable bonds is 7. The first-order valence-corrected chi connectivity index (χ1v) is 9.62. The van der Waals surface area contributed by atoms with E-state index in [0.717, 1.165) is 42.6 Å². The Morgan fingerprint density at radius 2 is 1.42 bits per heavy atom. The normalized spacial score (nSPS) is 11.6. The first kappa shape index (κ1) is 26.2. The van der Waals surface area contributed by atoms with Crippen LogP contribution < -0.4 is 19.5 Å². The molecule has 0 aliphatic rings. The van der Waals surface area contributed by atoms with Crippen molar-refractivity contribution in [3.8, 4) is 23.0 Å². The zero-order valence-corrected chi connectivity index (χ0v) is 17.8. The Morgan fingerprint density at radius 3 is 2.00 bits per heavy atom. The number of carbonyl (C=O) groups is 2. The number of ketones is 1. The van der Waals surface area contributed by atoms with Gasteiger partial charge in [0.05, 0.1) is 0 Å². The Labute approximate surface area is 197 Å². The lowest BCUT2D eigenvalue weighted by molar-refractivity contribution is -0.276. The Kier molecular flexibility index (Phi) is 7.36. The molecule has 1 aromatic heterocycles. The molecule has 0 aliphatic carbocycles. The molecule has 3 rings (SSSR count). The minimum atomic E-state index is -5.28. The van der Waals surface area contributed by atoms with Crippen molar-refractivity contribution < 1.29 is 54.5 Å². The van der Waals surface area contributed by atoms with Crippen LogP contribution in [0, 0.1) is 5.82 Å². The van der Waals surface area contributed by atoms with E-state index in [1.165, 1.54) is 13.0 Å². The average Bonchev–Trinajstić information content (AvgIpc) is 2.75. The topological polar surface area (TPSA) is 86.8 Å². The summed E-state index contributed by atoms with van der Waals surface area (Å²) in [5, 5.41) is 2.21. The van der Waals surface area contributed by atoms with E-state index in [1.807, 2.05) is 0 Å². The third-order valence-electron chi connectivity index (χ3n) is 4.18. The van der Waals surface area contributed by atoms with Crippen LogP contribution in [0.25, 0.3) is 0 Å². The Bertz CT molecular complexity index is 1280. The van der Waals surface area contributed by atoms with Crippen molar-refractivity contribution in [1.29, 1.82) is 0 Å². The maximum Gasteiger partial charge on any atom is 0.573 e. The van der Waals surface area contributed by atoms with Gasteiger partial charge in [-0.05, 0) is 48.5 Å². The molecule has 0 unspecified atom stereocenters. The molecule has 1 heterocycles. The van der Waals surface area contributed by atoms with E-state index < -0.39 is 53.0 Å². The number of hydrogen-bond acceptors (Lipinski definition) is 6. The van der Waals surface area contributed by atoms with Gasteiger partial charge >= 0.3 is 12.7 Å². The van der Waals surface area contributed by atoms with E-state index in [9.17, 15) is 40.3 Å². The molecule has 0 atom stereocenters. The zero-order chi connectivity index (χ0) is 26.7. The van der Waals surface area contributed by atoms with Crippen LogP contribution in [0.1, 0.15) is 27.8 Å². The SMILES string of the molecule is CC(=O)c1cc(NC(=O)c2c(Oc3ccc(OC(F)(F)F)cc3)ccc(OC(F)(F)F)c2F)ccn1. The molecule has 7 nitrogen and oxygen atoms in total. The predicted molar refractivity (Wildman–Crippen MR) is 108 cm³/mol. The van der Waals surface area contributed by atoms with Crippen LogP contribution >= 0.6 is 0 Å². The van der Waals surface area contributed by atoms with E-state index in [0.29, 0.717) is 6.07 Å². The number of nitrogens with zero attached hydrogens (tertiary/aromatic N) is 1. The van der Waals surface area contributed by atoms with Crippen molar-refractivity contribution in [2.24, 2.45) is 0 Å². The summed E-state index contributed by atoms with van der Waals surface area (Å²) in [5.74, 6) is -6.22. The zero-order valence-electron chi connectivity index (χ0n) is 17.8. The summed E-state index contributed by atoms with van der Waals surface area (Å²) in [7, 11) is 0. The summed E-state index contributed by atoms with van der Waals surface area (Å²) in [6.07, 6.45) is -9.08. The summed E-state index contributed by atoms with van der Waals surface area (Å²) >= 11 is 0. The van der Waals surface area contributed by atoms with Gasteiger partial charge in [-0.25, -0.2) is 4.39 Å². The molecular formula is C22H13F7N2O5. The van der Waals surface area contributed by atoms with Crippen LogP contribution in [0.5, 0.6) is 23.0 Å². The Hall–Kier alpha value is -4.36. The largest absolute Gasteiger partial charge is 0.573 e. The minimum absolute atomic E-state index is 0.0404. The van der Waals surface area contributed by atoms with Crippen LogP contribution in [0.2, 0.25) is 0 Å². The number of amides is 1. The van der Waals surface area contributed by atoms with Crippen molar-refractivity contribution in [3.63, 3.8) is 0 Å². The number of hydrogen-bond donors (Lipinski definition) is 1. The molecule has 0 bridgehead atoms. The number of pyridine rings is 1. The molecule has 0 saturated carbocycles. The summed E-state index contributed by atoms with van der Waals surface area (Å²) < 4.78 is 103. The smallest absolute Gasteiger partial charge is 0.456 e. The lowest BCUT2D eigenvalue weighted by Crippen LogP contribution is -2.20. The molecule has 1 N–H and O–H groups in total. The molecule has 1 amide bonds. The minimum Gasteiger partial charge on any atom is -0.456 e. The van der Waals surface area contributed by atoms with Gasteiger partial charge in [0.2, 0.25) is 0 Å². The van der Waals surface area contributed by atoms with Crippen LogP contribution in [0.4, 0.5) is 36.4 Å². The first-order chi connectivity index (χ1) is 16.7. The van der Waals surface area contributed by atoms with Gasteiger partial charge in [0.15, 0.2) is 17.3 Å². The van der Waals surface area contributed by atoms with Crippen LogP contribution in [0.3, 0.4) is 0 Å². The quantitative estimate of drug-likeness (QED) is 0.293. The summed E-state index contributed by atoms with van der Waals surface area (Å²) in [6, 6.07) is 7.43. The number of aromatic nitrogens is 1. The molecule has 0 saturated heterocycles. The van der Waals surface area contributed by atoms with Crippen molar-refractivity contribution in [1.82, 2.24) is 4.98 Å². The summed E-state index contributed by atoms with van der Waals surface area (Å²) in [4.78, 5) is 28.1. The molecule has 3 aromatic rings. The fourth-order valence-electron chi connectivity index (χ4n) is 2.77. The molecule has 0 aliphatic heterocycles. The maximum atomic E-state index is 15.0. The molecule has 36 heavy (non-hydrogen) atoms. The fourth-order valence-corrected chi connectivity index (χ4v) is 2.77. The number of nitrogens with one attached hydrogen (secondary N) is 1. The third-order valence-corrected chi connectivity index (χ3v) is 4.18. The van der Waals surface area contributed by atoms with Gasteiger partial charge in [-0.3, -0.25) is 14.6 Å². The standard InChI is InChI=1S/C22H13F7N2O5/c1-11(32)15-10-12(8-9-30-15)31-20(33)18-16(6-7-17(19(18)23)36-22(27,28)29)34-13-2-4-14(5-3-13)35-21(24,25)26/h2-10H,1H3,(H,30,31,33). The fraction of sp³-hybridized carbons (Fsp3) is 0.136. The van der Waals surface area contributed by atoms with Gasteiger partial charge in [0, 0.05) is 18.8 Å². The van der Waals surface area contributed by atoms with Crippen LogP contribution in [-0.4, -0.2) is 29.4 Å². The highest BCUT2D eigenvalue weighted by Gasteiger charge is 2.34. The molecular weight excluding hydrogens is 505 g/mol. The van der Waals surface area contributed by atoms with E-state index in [2.05, 4.69) is 19.8 Å². The summed E-state index contributed by atoms with van der Waals surface area (Å²) in [6.45, 7) is 1.20. The number of carbonyl (C=O) groups excluding carboxylic acids is 2. The van der Waals surface area contributed by atoms with E-state index in [1.54, 1.807) is 0 Å². The Balaban J connectivity index is 1.97. The molecule has 0 radical (unpaired) electrons. The number of halogens is 7. The number of anilines is 1. The van der Waals surface area contributed by atoms with Gasteiger partial charge < -0.3 is 19.5 Å². The van der Waals surface area contributed by atoms with Crippen molar-refractivity contribution in [2.45, 2.75) is 19.6 Å². The van der Waals surface area contributed by atoms with Gasteiger partial charge in [-0.15, -0.1) is 26.3 Å². The van der Waals surface area contributed by atoms with Crippen LogP contribution in [-0.2, 0) is 0 Å². The van der Waals surface area contributed by atoms with Gasteiger partial charge in [0.25, 0.3) is 5.91 Å². The molecule has 2 aromatic carbocycles. The van der Waals surface area contributed by atoms with Gasteiger partial charge in [-0.2, -0.15) is 0 Å². The van der Waals surface area contributed by atoms with Gasteiger partial charge in [0.1, 0.15) is 28.5 Å². The highest BCUT2D eigenvalue weighted by Crippen LogP contribution is 2.36. The molecule has 0 fully saturated rings. The van der Waals surface area contributed by atoms with Gasteiger partial charge in [-0.1, -0.05) is 0 Å². The predicted octanol–water partition coefficient (Wildman–Crippen LogP) is 6.27. The first-order valence-electron chi connectivity index (χ1n) is 9.62. The number of Topliss-reactive ketones (excluding diaryl/α,β-unsaturated/α-hetero) is 1. The summed E-state index contributed by atoms with van der Waals surface area (Å²) in [5.41, 5.74) is -1.12.